The first-order valence-electron chi connectivity index (χ1n) is 9.19. The van der Waals surface area contributed by atoms with Gasteiger partial charge in [-0.1, -0.05) is 12.1 Å². The highest BCUT2D eigenvalue weighted by molar-refractivity contribution is 5.96. The summed E-state index contributed by atoms with van der Waals surface area (Å²) in [6.45, 7) is 2.34. The molecule has 1 aromatic heterocycles. The van der Waals surface area contributed by atoms with Crippen molar-refractivity contribution in [3.05, 3.63) is 82.0 Å². The maximum absolute atomic E-state index is 12.7. The topological polar surface area (TPSA) is 112 Å². The zero-order valence-corrected chi connectivity index (χ0v) is 15.8. The number of phenols is 1. The molecule has 0 aliphatic carbocycles. The van der Waals surface area contributed by atoms with Gasteiger partial charge >= 0.3 is 5.69 Å². The van der Waals surface area contributed by atoms with Gasteiger partial charge in [0, 0.05) is 36.0 Å². The van der Waals surface area contributed by atoms with Crippen LogP contribution in [0.4, 0.5) is 0 Å². The van der Waals surface area contributed by atoms with Crippen molar-refractivity contribution in [1.82, 2.24) is 14.9 Å². The second-order valence-corrected chi connectivity index (χ2v) is 7.02. The number of phenolic OH excluding ortho intramolecular Hbond substituents is 1. The molecule has 2 heterocycles. The number of H-pyrrole nitrogens is 1. The third-order valence-corrected chi connectivity index (χ3v) is 4.88. The van der Waals surface area contributed by atoms with Crippen LogP contribution in [0.2, 0.25) is 0 Å². The maximum Gasteiger partial charge on any atom is 0.345 e. The minimum atomic E-state index is -0.491. The molecule has 4 N–H and O–H groups in total. The number of aryl methyl sites for hydroxylation is 1. The molecule has 0 spiro atoms. The Morgan fingerprint density at radius 2 is 2.00 bits per heavy atom. The van der Waals surface area contributed by atoms with E-state index in [1.54, 1.807) is 66.6 Å². The predicted molar refractivity (Wildman–Crippen MR) is 110 cm³/mol. The molecule has 1 amide bonds. The van der Waals surface area contributed by atoms with Crippen LogP contribution in [0.25, 0.3) is 22.5 Å². The van der Waals surface area contributed by atoms with Crippen LogP contribution in [0.5, 0.6) is 5.75 Å². The Labute approximate surface area is 167 Å². The lowest BCUT2D eigenvalue weighted by atomic mass is 10.0. The molecule has 3 aromatic rings. The highest BCUT2D eigenvalue weighted by Gasteiger charge is 2.19. The van der Waals surface area contributed by atoms with Crippen LogP contribution in [-0.2, 0) is 0 Å². The van der Waals surface area contributed by atoms with Gasteiger partial charge in [0.2, 0.25) is 0 Å². The lowest BCUT2D eigenvalue weighted by Crippen LogP contribution is -2.23. The quantitative estimate of drug-likeness (QED) is 0.639. The van der Waals surface area contributed by atoms with E-state index in [2.05, 4.69) is 9.97 Å². The first-order chi connectivity index (χ1) is 13.9. The summed E-state index contributed by atoms with van der Waals surface area (Å²) in [6, 6.07) is 13.9. The van der Waals surface area contributed by atoms with Crippen molar-refractivity contribution in [3.63, 3.8) is 0 Å². The zero-order chi connectivity index (χ0) is 20.5. The average Bonchev–Trinajstić information content (AvgIpc) is 3.15. The number of aromatic nitrogens is 2. The van der Waals surface area contributed by atoms with Gasteiger partial charge in [-0.05, 0) is 54.4 Å². The average molecular weight is 388 g/mol. The summed E-state index contributed by atoms with van der Waals surface area (Å²) in [6.07, 6.45) is 2.32. The summed E-state index contributed by atoms with van der Waals surface area (Å²) < 4.78 is 0. The Balaban J connectivity index is 1.72. The molecule has 0 bridgehead atoms. The number of hydrogen-bond donors (Lipinski definition) is 3. The molecule has 0 unspecified atom stereocenters. The molecule has 7 nitrogen and oxygen atoms in total. The van der Waals surface area contributed by atoms with Crippen LogP contribution in [0.15, 0.2) is 65.2 Å². The molecule has 1 aliphatic heterocycles. The minimum Gasteiger partial charge on any atom is -0.508 e. The summed E-state index contributed by atoms with van der Waals surface area (Å²) in [5, 5.41) is 9.73. The summed E-state index contributed by atoms with van der Waals surface area (Å²) in [5.41, 5.74) is 9.62. The van der Waals surface area contributed by atoms with Crippen molar-refractivity contribution in [1.29, 1.82) is 0 Å². The second-order valence-electron chi connectivity index (χ2n) is 7.02. The molecular formula is C22H20N4O3. The van der Waals surface area contributed by atoms with Crippen LogP contribution in [0.3, 0.4) is 0 Å². The van der Waals surface area contributed by atoms with Gasteiger partial charge in [-0.3, -0.25) is 4.79 Å². The molecule has 29 heavy (non-hydrogen) atoms. The van der Waals surface area contributed by atoms with Crippen LogP contribution in [-0.4, -0.2) is 32.4 Å². The molecule has 4 rings (SSSR count). The van der Waals surface area contributed by atoms with Gasteiger partial charge in [0.05, 0.1) is 11.4 Å². The Morgan fingerprint density at radius 1 is 1.17 bits per heavy atom. The number of aromatic hydroxyl groups is 1. The fourth-order valence-electron chi connectivity index (χ4n) is 3.30. The number of nitrogens with one attached hydrogen (secondary N) is 1. The smallest absolute Gasteiger partial charge is 0.345 e. The van der Waals surface area contributed by atoms with E-state index in [1.165, 1.54) is 0 Å². The SMILES string of the molecule is Cc1cc(-c2cc(-c3cccc(C(=O)N4C=C(N)CC4)c3)nc(=O)[nH]2)ccc1O. The summed E-state index contributed by atoms with van der Waals surface area (Å²) in [5.74, 6) is 0.0414. The Bertz CT molecular complexity index is 1200. The van der Waals surface area contributed by atoms with Crippen molar-refractivity contribution in [3.8, 4) is 28.3 Å². The highest BCUT2D eigenvalue weighted by atomic mass is 16.3. The van der Waals surface area contributed by atoms with Gasteiger partial charge in [-0.2, -0.15) is 4.98 Å². The number of nitrogens with zero attached hydrogens (tertiary/aromatic N) is 2. The van der Waals surface area contributed by atoms with E-state index in [0.717, 1.165) is 5.56 Å². The van der Waals surface area contributed by atoms with E-state index in [-0.39, 0.29) is 11.7 Å². The lowest BCUT2D eigenvalue weighted by Gasteiger charge is -2.13. The third kappa shape index (κ3) is 3.75. The molecule has 0 radical (unpaired) electrons. The van der Waals surface area contributed by atoms with Gasteiger partial charge in [0.25, 0.3) is 5.91 Å². The summed E-state index contributed by atoms with van der Waals surface area (Å²) in [4.78, 5) is 33.2. The van der Waals surface area contributed by atoms with E-state index in [1.807, 2.05) is 0 Å². The number of nitrogens with two attached hydrogens (primary N) is 1. The van der Waals surface area contributed by atoms with E-state index >= 15 is 0 Å². The summed E-state index contributed by atoms with van der Waals surface area (Å²) >= 11 is 0. The van der Waals surface area contributed by atoms with E-state index in [9.17, 15) is 14.7 Å². The normalized spacial score (nSPS) is 13.4. The number of aromatic amines is 1. The largest absolute Gasteiger partial charge is 0.508 e. The highest BCUT2D eigenvalue weighted by Crippen LogP contribution is 2.26. The Kier molecular flexibility index (Phi) is 4.64. The molecule has 0 atom stereocenters. The monoisotopic (exact) mass is 388 g/mol. The van der Waals surface area contributed by atoms with E-state index < -0.39 is 5.69 Å². The number of benzene rings is 2. The predicted octanol–water partition coefficient (Wildman–Crippen LogP) is 2.76. The molecule has 146 valence electrons. The van der Waals surface area contributed by atoms with Crippen LogP contribution in [0.1, 0.15) is 22.3 Å². The van der Waals surface area contributed by atoms with E-state index in [0.29, 0.717) is 46.7 Å². The molecule has 1 aliphatic rings. The van der Waals surface area contributed by atoms with Crippen molar-refractivity contribution >= 4 is 5.91 Å². The number of rotatable bonds is 3. The zero-order valence-electron chi connectivity index (χ0n) is 15.8. The first-order valence-corrected chi connectivity index (χ1v) is 9.19. The Hall–Kier alpha value is -3.87. The van der Waals surface area contributed by atoms with Crippen molar-refractivity contribution in [2.45, 2.75) is 13.3 Å². The molecule has 2 aromatic carbocycles. The van der Waals surface area contributed by atoms with Crippen molar-refractivity contribution < 1.29 is 9.90 Å². The number of hydrogen-bond acceptors (Lipinski definition) is 5. The molecular weight excluding hydrogens is 368 g/mol. The van der Waals surface area contributed by atoms with Crippen LogP contribution < -0.4 is 11.4 Å². The molecule has 7 heteroatoms. The van der Waals surface area contributed by atoms with Gasteiger partial charge in [-0.15, -0.1) is 0 Å². The number of carbonyl (C=O) groups excluding carboxylic acids is 1. The van der Waals surface area contributed by atoms with E-state index in [4.69, 9.17) is 5.73 Å². The van der Waals surface area contributed by atoms with Crippen molar-refractivity contribution in [2.24, 2.45) is 5.73 Å². The van der Waals surface area contributed by atoms with Gasteiger partial charge in [0.1, 0.15) is 5.75 Å². The van der Waals surface area contributed by atoms with Gasteiger partial charge in [0.15, 0.2) is 0 Å². The second kappa shape index (κ2) is 7.27. The van der Waals surface area contributed by atoms with Gasteiger partial charge < -0.3 is 20.7 Å². The summed E-state index contributed by atoms with van der Waals surface area (Å²) in [7, 11) is 0. The van der Waals surface area contributed by atoms with Gasteiger partial charge in [-0.25, -0.2) is 4.79 Å². The number of carbonyl (C=O) groups is 1. The van der Waals surface area contributed by atoms with Crippen molar-refractivity contribution in [2.75, 3.05) is 6.54 Å². The molecule has 0 saturated heterocycles. The first kappa shape index (κ1) is 18.5. The minimum absolute atomic E-state index is 0.147. The third-order valence-electron chi connectivity index (χ3n) is 4.88. The van der Waals surface area contributed by atoms with Crippen LogP contribution >= 0.6 is 0 Å². The number of amides is 1. The standard InChI is InChI=1S/C22H20N4O3/c1-13-9-15(5-6-20(13)27)19-11-18(24-22(29)25-19)14-3-2-4-16(10-14)21(28)26-8-7-17(23)12-26/h2-6,9-12,27H,7-8,23H2,1H3,(H,24,25,29). The lowest BCUT2D eigenvalue weighted by molar-refractivity contribution is 0.0833. The maximum atomic E-state index is 12.7. The fraction of sp³-hybridized carbons (Fsp3) is 0.136. The molecule has 0 fully saturated rings. The Morgan fingerprint density at radius 3 is 2.72 bits per heavy atom. The fourth-order valence-corrected chi connectivity index (χ4v) is 3.30. The molecule has 0 saturated carbocycles. The van der Waals surface area contributed by atoms with Crippen LogP contribution in [0, 0.1) is 6.92 Å².